The third kappa shape index (κ3) is 4.92. The predicted octanol–water partition coefficient (Wildman–Crippen LogP) is 2.47. The van der Waals surface area contributed by atoms with Crippen molar-refractivity contribution < 1.29 is 9.53 Å². The second-order valence-corrected chi connectivity index (χ2v) is 5.84. The average molecular weight is 343 g/mol. The van der Waals surface area contributed by atoms with Gasteiger partial charge in [0.15, 0.2) is 0 Å². The van der Waals surface area contributed by atoms with Crippen molar-refractivity contribution in [3.8, 4) is 17.0 Å². The number of aromatic nitrogens is 2. The lowest BCUT2D eigenvalue weighted by molar-refractivity contribution is -0.125. The molecule has 0 radical (unpaired) electrons. The summed E-state index contributed by atoms with van der Waals surface area (Å²) in [6.07, 6.45) is 3.16. The van der Waals surface area contributed by atoms with Crippen molar-refractivity contribution in [2.75, 3.05) is 13.7 Å². The van der Waals surface area contributed by atoms with Crippen LogP contribution in [-0.2, 0) is 11.3 Å². The first-order chi connectivity index (χ1) is 12.1. The van der Waals surface area contributed by atoms with Gasteiger partial charge in [0.05, 0.1) is 19.1 Å². The molecule has 1 N–H and O–H groups in total. The highest BCUT2D eigenvalue weighted by Crippen LogP contribution is 2.19. The third-order valence-corrected chi connectivity index (χ3v) is 4.27. The maximum atomic E-state index is 12.2. The Kier molecular flexibility index (Phi) is 6.74. The van der Waals surface area contributed by atoms with Gasteiger partial charge in [-0.3, -0.25) is 14.2 Å². The molecule has 25 heavy (non-hydrogen) atoms. The molecule has 2 aromatic rings. The molecule has 2 rings (SSSR count). The molecule has 0 fully saturated rings. The van der Waals surface area contributed by atoms with Gasteiger partial charge in [0, 0.05) is 30.6 Å². The zero-order valence-corrected chi connectivity index (χ0v) is 15.0. The number of amides is 1. The number of hydrogen-bond acceptors (Lipinski definition) is 4. The number of nitrogens with zero attached hydrogens (tertiary/aromatic N) is 2. The van der Waals surface area contributed by atoms with Crippen molar-refractivity contribution in [3.63, 3.8) is 0 Å². The van der Waals surface area contributed by atoms with Crippen LogP contribution in [0, 0.1) is 5.92 Å². The number of ether oxygens (including phenoxy) is 1. The molecular weight excluding hydrogens is 318 g/mol. The maximum absolute atomic E-state index is 12.2. The minimum Gasteiger partial charge on any atom is -0.497 e. The fourth-order valence-corrected chi connectivity index (χ4v) is 2.62. The van der Waals surface area contributed by atoms with Crippen molar-refractivity contribution in [1.29, 1.82) is 0 Å². The number of rotatable bonds is 8. The van der Waals surface area contributed by atoms with Crippen LogP contribution in [0.15, 0.2) is 41.5 Å². The Morgan fingerprint density at radius 2 is 1.92 bits per heavy atom. The molecule has 0 aliphatic carbocycles. The maximum Gasteiger partial charge on any atom is 0.253 e. The van der Waals surface area contributed by atoms with Crippen LogP contribution in [0.2, 0.25) is 0 Å². The molecule has 0 spiro atoms. The standard InChI is InChI=1S/C19H25N3O3/c1-4-14(5-2)19(24)20-10-11-22-13-21-17(12-18(22)23)15-6-8-16(25-3)9-7-15/h6-9,12-14H,4-5,10-11H2,1-3H3,(H,20,24). The first-order valence-electron chi connectivity index (χ1n) is 8.57. The predicted molar refractivity (Wildman–Crippen MR) is 97.6 cm³/mol. The summed E-state index contributed by atoms with van der Waals surface area (Å²) in [6, 6.07) is 8.89. The van der Waals surface area contributed by atoms with Gasteiger partial charge in [-0.15, -0.1) is 0 Å². The van der Waals surface area contributed by atoms with E-state index in [0.29, 0.717) is 18.8 Å². The lowest BCUT2D eigenvalue weighted by atomic mass is 10.0. The Morgan fingerprint density at radius 3 is 2.48 bits per heavy atom. The largest absolute Gasteiger partial charge is 0.497 e. The van der Waals surface area contributed by atoms with Crippen LogP contribution in [0.4, 0.5) is 0 Å². The molecule has 0 aliphatic heterocycles. The molecule has 0 saturated heterocycles. The zero-order chi connectivity index (χ0) is 18.2. The molecule has 6 heteroatoms. The van der Waals surface area contributed by atoms with Crippen LogP contribution in [0.5, 0.6) is 5.75 Å². The summed E-state index contributed by atoms with van der Waals surface area (Å²) in [5, 5.41) is 2.88. The molecule has 134 valence electrons. The zero-order valence-electron chi connectivity index (χ0n) is 15.0. The minimum atomic E-state index is -0.141. The van der Waals surface area contributed by atoms with Gasteiger partial charge >= 0.3 is 0 Å². The Balaban J connectivity index is 1.99. The molecular formula is C19H25N3O3. The van der Waals surface area contributed by atoms with E-state index in [1.807, 2.05) is 38.1 Å². The van der Waals surface area contributed by atoms with Crippen LogP contribution >= 0.6 is 0 Å². The first-order valence-corrected chi connectivity index (χ1v) is 8.57. The molecule has 6 nitrogen and oxygen atoms in total. The van der Waals surface area contributed by atoms with E-state index in [9.17, 15) is 9.59 Å². The third-order valence-electron chi connectivity index (χ3n) is 4.27. The summed E-state index contributed by atoms with van der Waals surface area (Å²) in [4.78, 5) is 28.5. The van der Waals surface area contributed by atoms with Crippen LogP contribution in [0.1, 0.15) is 26.7 Å². The minimum absolute atomic E-state index is 0.0345. The van der Waals surface area contributed by atoms with Crippen molar-refractivity contribution in [1.82, 2.24) is 14.9 Å². The highest BCUT2D eigenvalue weighted by Gasteiger charge is 2.13. The van der Waals surface area contributed by atoms with Crippen LogP contribution in [-0.4, -0.2) is 29.1 Å². The monoisotopic (exact) mass is 343 g/mol. The Hall–Kier alpha value is -2.63. The lowest BCUT2D eigenvalue weighted by Gasteiger charge is -2.13. The molecule has 1 aromatic carbocycles. The highest BCUT2D eigenvalue weighted by atomic mass is 16.5. The SMILES string of the molecule is CCC(CC)C(=O)NCCn1cnc(-c2ccc(OC)cc2)cc1=O. The van der Waals surface area contributed by atoms with E-state index in [4.69, 9.17) is 4.74 Å². The second kappa shape index (κ2) is 9.01. The van der Waals surface area contributed by atoms with Gasteiger partial charge in [-0.25, -0.2) is 4.98 Å². The first kappa shape index (κ1) is 18.7. The number of carbonyl (C=O) groups excluding carboxylic acids is 1. The summed E-state index contributed by atoms with van der Waals surface area (Å²) in [7, 11) is 1.61. The molecule has 0 bridgehead atoms. The van der Waals surface area contributed by atoms with E-state index in [0.717, 1.165) is 24.2 Å². The Labute approximate surface area is 147 Å². The molecule has 0 atom stereocenters. The Morgan fingerprint density at radius 1 is 1.24 bits per heavy atom. The van der Waals surface area contributed by atoms with E-state index < -0.39 is 0 Å². The van der Waals surface area contributed by atoms with Crippen LogP contribution in [0.3, 0.4) is 0 Å². The summed E-state index contributed by atoms with van der Waals surface area (Å²) >= 11 is 0. The summed E-state index contributed by atoms with van der Waals surface area (Å²) in [5.74, 6) is 0.832. The highest BCUT2D eigenvalue weighted by molar-refractivity contribution is 5.78. The summed E-state index contributed by atoms with van der Waals surface area (Å²) < 4.78 is 6.62. The number of nitrogens with one attached hydrogen (secondary N) is 1. The van der Waals surface area contributed by atoms with Gasteiger partial charge < -0.3 is 10.1 Å². The Bertz CT molecular complexity index is 749. The number of hydrogen-bond donors (Lipinski definition) is 1. The fourth-order valence-electron chi connectivity index (χ4n) is 2.62. The van der Waals surface area contributed by atoms with Crippen molar-refractivity contribution in [2.45, 2.75) is 33.2 Å². The van der Waals surface area contributed by atoms with Crippen molar-refractivity contribution in [3.05, 3.63) is 47.0 Å². The smallest absolute Gasteiger partial charge is 0.253 e. The lowest BCUT2D eigenvalue weighted by Crippen LogP contribution is -2.34. The number of carbonyl (C=O) groups is 1. The second-order valence-electron chi connectivity index (χ2n) is 5.84. The van der Waals surface area contributed by atoms with Crippen LogP contribution in [0.25, 0.3) is 11.3 Å². The quantitative estimate of drug-likeness (QED) is 0.799. The van der Waals surface area contributed by atoms with Crippen molar-refractivity contribution in [2.24, 2.45) is 5.92 Å². The summed E-state index contributed by atoms with van der Waals surface area (Å²) in [5.41, 5.74) is 1.33. The molecule has 1 heterocycles. The summed E-state index contributed by atoms with van der Waals surface area (Å²) in [6.45, 7) is 4.82. The van der Waals surface area contributed by atoms with Gasteiger partial charge in [0.25, 0.3) is 5.56 Å². The number of methoxy groups -OCH3 is 1. The number of benzene rings is 1. The van der Waals surface area contributed by atoms with E-state index in [1.165, 1.54) is 17.0 Å². The molecule has 0 saturated carbocycles. The van der Waals surface area contributed by atoms with E-state index in [1.54, 1.807) is 7.11 Å². The van der Waals surface area contributed by atoms with Gasteiger partial charge in [-0.05, 0) is 37.1 Å². The van der Waals surface area contributed by atoms with E-state index in [-0.39, 0.29) is 17.4 Å². The molecule has 0 aliphatic rings. The van der Waals surface area contributed by atoms with Gasteiger partial charge in [0.2, 0.25) is 5.91 Å². The molecule has 1 aromatic heterocycles. The van der Waals surface area contributed by atoms with Gasteiger partial charge in [0.1, 0.15) is 5.75 Å². The van der Waals surface area contributed by atoms with E-state index >= 15 is 0 Å². The topological polar surface area (TPSA) is 73.2 Å². The van der Waals surface area contributed by atoms with Crippen LogP contribution < -0.4 is 15.6 Å². The normalized spacial score (nSPS) is 10.7. The molecule has 0 unspecified atom stereocenters. The van der Waals surface area contributed by atoms with Gasteiger partial charge in [-0.2, -0.15) is 0 Å². The van der Waals surface area contributed by atoms with E-state index in [2.05, 4.69) is 10.3 Å². The average Bonchev–Trinajstić information content (AvgIpc) is 2.64. The van der Waals surface area contributed by atoms with Crippen molar-refractivity contribution >= 4 is 5.91 Å². The van der Waals surface area contributed by atoms with Gasteiger partial charge in [-0.1, -0.05) is 13.8 Å². The fraction of sp³-hybridized carbons (Fsp3) is 0.421. The molecule has 1 amide bonds.